The second-order valence-electron chi connectivity index (χ2n) is 9.23. The summed E-state index contributed by atoms with van der Waals surface area (Å²) in [6, 6.07) is 20.1. The Hall–Kier alpha value is -3.38. The highest BCUT2D eigenvalue weighted by molar-refractivity contribution is 7.09. The monoisotopic (exact) mass is 459 g/mol. The zero-order valence-electron chi connectivity index (χ0n) is 19.7. The van der Waals surface area contributed by atoms with Crippen LogP contribution in [0.25, 0.3) is 22.8 Å². The van der Waals surface area contributed by atoms with E-state index in [1.54, 1.807) is 11.3 Å². The van der Waals surface area contributed by atoms with Gasteiger partial charge in [-0.25, -0.2) is 4.98 Å². The van der Waals surface area contributed by atoms with Gasteiger partial charge < -0.3 is 14.6 Å². The lowest BCUT2D eigenvalue weighted by Crippen LogP contribution is -2.23. The molecule has 4 rings (SSSR count). The number of nitrogens with zero attached hydrogens (tertiary/aromatic N) is 2. The molecule has 0 fully saturated rings. The summed E-state index contributed by atoms with van der Waals surface area (Å²) < 4.78 is 6.19. The zero-order chi connectivity index (χ0) is 23.6. The molecule has 0 saturated carbocycles. The number of hydrogen-bond acceptors (Lipinski definition) is 5. The molecule has 0 radical (unpaired) electrons. The Morgan fingerprint density at radius 2 is 1.67 bits per heavy atom. The van der Waals surface area contributed by atoms with Crippen molar-refractivity contribution in [3.8, 4) is 22.8 Å². The Bertz CT molecular complexity index is 1220. The zero-order valence-corrected chi connectivity index (χ0v) is 20.5. The van der Waals surface area contributed by atoms with E-state index in [0.29, 0.717) is 23.9 Å². The van der Waals surface area contributed by atoms with Gasteiger partial charge in [0, 0.05) is 35.8 Å². The number of rotatable bonds is 6. The first-order chi connectivity index (χ1) is 15.7. The molecule has 6 heteroatoms. The smallest absolute Gasteiger partial charge is 0.274 e. The Morgan fingerprint density at radius 3 is 2.24 bits per heavy atom. The second-order valence-corrected chi connectivity index (χ2v) is 10.3. The van der Waals surface area contributed by atoms with Gasteiger partial charge in [0.15, 0.2) is 11.5 Å². The lowest BCUT2D eigenvalue weighted by Gasteiger charge is -2.18. The molecule has 2 aromatic heterocycles. The van der Waals surface area contributed by atoms with E-state index in [9.17, 15) is 4.79 Å². The fourth-order valence-corrected chi connectivity index (χ4v) is 4.13. The summed E-state index contributed by atoms with van der Waals surface area (Å²) in [7, 11) is 3.98. The molecule has 5 nitrogen and oxygen atoms in total. The SMILES string of the molecule is CN(C)c1ccc(-c2oc(-c3ccc(C(C)(C)C)cc3)nc2C(=O)NCc2cccs2)cc1. The van der Waals surface area contributed by atoms with Crippen molar-refractivity contribution in [3.63, 3.8) is 0 Å². The van der Waals surface area contributed by atoms with E-state index in [-0.39, 0.29) is 11.3 Å². The van der Waals surface area contributed by atoms with Gasteiger partial charge in [0.2, 0.25) is 5.89 Å². The minimum atomic E-state index is -0.253. The molecule has 0 spiro atoms. The molecule has 1 N–H and O–H groups in total. The molecular formula is C27H29N3O2S. The third-order valence-electron chi connectivity index (χ3n) is 5.49. The van der Waals surface area contributed by atoms with E-state index < -0.39 is 0 Å². The highest BCUT2D eigenvalue weighted by Crippen LogP contribution is 2.32. The van der Waals surface area contributed by atoms with Crippen LogP contribution in [-0.4, -0.2) is 25.0 Å². The van der Waals surface area contributed by atoms with Crippen LogP contribution in [0, 0.1) is 0 Å². The van der Waals surface area contributed by atoms with Crippen LogP contribution in [0.3, 0.4) is 0 Å². The predicted molar refractivity (Wildman–Crippen MR) is 136 cm³/mol. The molecule has 0 aliphatic carbocycles. The van der Waals surface area contributed by atoms with E-state index in [2.05, 4.69) is 43.2 Å². The van der Waals surface area contributed by atoms with Crippen LogP contribution >= 0.6 is 11.3 Å². The summed E-state index contributed by atoms with van der Waals surface area (Å²) in [4.78, 5) is 20.8. The van der Waals surface area contributed by atoms with Crippen molar-refractivity contribution in [2.24, 2.45) is 0 Å². The molecule has 4 aromatic rings. The molecule has 0 atom stereocenters. The van der Waals surface area contributed by atoms with Gasteiger partial charge in [-0.2, -0.15) is 0 Å². The van der Waals surface area contributed by atoms with E-state index in [1.807, 2.05) is 72.9 Å². The number of carbonyl (C=O) groups excluding carboxylic acids is 1. The summed E-state index contributed by atoms with van der Waals surface area (Å²) in [5.74, 6) is 0.652. The Kier molecular flexibility index (Phi) is 6.38. The van der Waals surface area contributed by atoms with E-state index >= 15 is 0 Å². The molecular weight excluding hydrogens is 430 g/mol. The Balaban J connectivity index is 1.70. The molecule has 1 amide bonds. The molecule has 0 aliphatic rings. The van der Waals surface area contributed by atoms with Crippen LogP contribution in [0.5, 0.6) is 0 Å². The fraction of sp³-hybridized carbons (Fsp3) is 0.259. The molecule has 33 heavy (non-hydrogen) atoms. The minimum Gasteiger partial charge on any atom is -0.435 e. The number of amides is 1. The van der Waals surface area contributed by atoms with Gasteiger partial charge >= 0.3 is 0 Å². The standard InChI is InChI=1S/C27H29N3O2S/c1-27(2,3)20-12-8-19(9-13-20)26-29-23(25(31)28-17-22-7-6-16-33-22)24(32-26)18-10-14-21(15-11-18)30(4)5/h6-16H,17H2,1-5H3,(H,28,31). The highest BCUT2D eigenvalue weighted by Gasteiger charge is 2.23. The van der Waals surface area contributed by atoms with Crippen molar-refractivity contribution in [1.29, 1.82) is 0 Å². The number of benzene rings is 2. The maximum Gasteiger partial charge on any atom is 0.274 e. The Morgan fingerprint density at radius 1 is 1.00 bits per heavy atom. The van der Waals surface area contributed by atoms with Crippen LogP contribution in [0.4, 0.5) is 5.69 Å². The van der Waals surface area contributed by atoms with Crippen LogP contribution < -0.4 is 10.2 Å². The van der Waals surface area contributed by atoms with Crippen molar-refractivity contribution in [1.82, 2.24) is 10.3 Å². The number of thiophene rings is 1. The van der Waals surface area contributed by atoms with Gasteiger partial charge in [-0.1, -0.05) is 39.0 Å². The van der Waals surface area contributed by atoms with Crippen LogP contribution in [-0.2, 0) is 12.0 Å². The average molecular weight is 460 g/mol. The van der Waals surface area contributed by atoms with Crippen LogP contribution in [0.1, 0.15) is 41.7 Å². The molecule has 2 aromatic carbocycles. The molecule has 0 aliphatic heterocycles. The van der Waals surface area contributed by atoms with Gasteiger partial charge in [0.1, 0.15) is 0 Å². The summed E-state index contributed by atoms with van der Waals surface area (Å²) in [6.45, 7) is 6.99. The lowest BCUT2D eigenvalue weighted by atomic mass is 9.87. The first-order valence-corrected chi connectivity index (χ1v) is 11.8. The molecule has 0 saturated heterocycles. The van der Waals surface area contributed by atoms with Gasteiger partial charge in [0.25, 0.3) is 5.91 Å². The maximum atomic E-state index is 13.1. The number of aromatic nitrogens is 1. The van der Waals surface area contributed by atoms with Crippen molar-refractivity contribution < 1.29 is 9.21 Å². The summed E-state index contributed by atoms with van der Waals surface area (Å²) >= 11 is 1.61. The van der Waals surface area contributed by atoms with Gasteiger partial charge in [-0.05, 0) is 58.8 Å². The van der Waals surface area contributed by atoms with Crippen molar-refractivity contribution in [3.05, 3.63) is 82.2 Å². The first kappa shape index (κ1) is 22.8. The number of oxazole rings is 1. The quantitative estimate of drug-likeness (QED) is 0.364. The normalized spacial score (nSPS) is 11.4. The van der Waals surface area contributed by atoms with Crippen molar-refractivity contribution in [2.75, 3.05) is 19.0 Å². The second kappa shape index (κ2) is 9.24. The average Bonchev–Trinajstić information content (AvgIpc) is 3.47. The number of nitrogens with one attached hydrogen (secondary N) is 1. The Labute approximate surface area is 199 Å². The number of carbonyl (C=O) groups is 1. The summed E-state index contributed by atoms with van der Waals surface area (Å²) in [6.07, 6.45) is 0. The summed E-state index contributed by atoms with van der Waals surface area (Å²) in [5, 5.41) is 4.97. The number of anilines is 1. The predicted octanol–water partition coefficient (Wildman–Crippen LogP) is 6.36. The third kappa shape index (κ3) is 5.17. The number of hydrogen-bond donors (Lipinski definition) is 1. The summed E-state index contributed by atoms with van der Waals surface area (Å²) in [5.41, 5.74) is 4.30. The van der Waals surface area contributed by atoms with Crippen molar-refractivity contribution in [2.45, 2.75) is 32.7 Å². The molecule has 170 valence electrons. The topological polar surface area (TPSA) is 58.4 Å². The van der Waals surface area contributed by atoms with Crippen LogP contribution in [0.15, 0.2) is 70.5 Å². The first-order valence-electron chi connectivity index (χ1n) is 10.9. The van der Waals surface area contributed by atoms with Gasteiger partial charge in [-0.15, -0.1) is 11.3 Å². The van der Waals surface area contributed by atoms with Gasteiger partial charge in [0.05, 0.1) is 6.54 Å². The van der Waals surface area contributed by atoms with E-state index in [4.69, 9.17) is 4.42 Å². The lowest BCUT2D eigenvalue weighted by molar-refractivity contribution is 0.0947. The molecule has 0 unspecified atom stereocenters. The maximum absolute atomic E-state index is 13.1. The van der Waals surface area contributed by atoms with Gasteiger partial charge in [-0.3, -0.25) is 4.79 Å². The largest absolute Gasteiger partial charge is 0.435 e. The highest BCUT2D eigenvalue weighted by atomic mass is 32.1. The minimum absolute atomic E-state index is 0.0569. The third-order valence-corrected chi connectivity index (χ3v) is 6.37. The van der Waals surface area contributed by atoms with Crippen molar-refractivity contribution >= 4 is 22.9 Å². The molecule has 0 bridgehead atoms. The fourth-order valence-electron chi connectivity index (χ4n) is 3.48. The van der Waals surface area contributed by atoms with Crippen LogP contribution in [0.2, 0.25) is 0 Å². The molecule has 2 heterocycles. The van der Waals surface area contributed by atoms with E-state index in [0.717, 1.165) is 21.7 Å². The van der Waals surface area contributed by atoms with E-state index in [1.165, 1.54) is 5.56 Å².